The minimum Gasteiger partial charge on any atom is -0.466 e. The van der Waals surface area contributed by atoms with E-state index in [0.717, 1.165) is 31.6 Å². The molecular weight excluding hydrogens is 375 g/mol. The average molecular weight is 397 g/mol. The normalized spacial score (nSPS) is 15.8. The quantitative estimate of drug-likeness (QED) is 0.592. The van der Waals surface area contributed by atoms with Crippen LogP contribution in [-0.2, 0) is 16.2 Å². The molecule has 0 atom stereocenters. The highest BCUT2D eigenvalue weighted by Crippen LogP contribution is 2.23. The van der Waals surface area contributed by atoms with Crippen molar-refractivity contribution in [3.8, 4) is 0 Å². The van der Waals surface area contributed by atoms with Crippen LogP contribution in [0.25, 0.3) is 0 Å². The molecule has 140 valence electrons. The Kier molecular flexibility index (Phi) is 6.33. The van der Waals surface area contributed by atoms with E-state index >= 15 is 0 Å². The molecule has 0 saturated carbocycles. The van der Waals surface area contributed by atoms with Crippen molar-refractivity contribution < 1.29 is 13.9 Å². The van der Waals surface area contributed by atoms with Crippen LogP contribution < -0.4 is 5.32 Å². The number of aromatic nitrogens is 2. The van der Waals surface area contributed by atoms with Crippen molar-refractivity contribution >= 4 is 40.3 Å². The van der Waals surface area contributed by atoms with Crippen LogP contribution >= 0.6 is 23.6 Å². The van der Waals surface area contributed by atoms with Crippen LogP contribution in [0.4, 0.5) is 15.2 Å². The van der Waals surface area contributed by atoms with Gasteiger partial charge in [0.05, 0.1) is 19.2 Å². The summed E-state index contributed by atoms with van der Waals surface area (Å²) < 4.78 is 20.5. The molecule has 1 saturated heterocycles. The fraction of sp³-hybridized carbons (Fsp3) is 0.471. The molecule has 9 heteroatoms. The molecule has 1 aliphatic rings. The van der Waals surface area contributed by atoms with E-state index in [0.29, 0.717) is 22.4 Å². The van der Waals surface area contributed by atoms with Crippen LogP contribution in [0.2, 0.25) is 0 Å². The maximum atomic E-state index is 13.0. The minimum atomic E-state index is -0.278. The SMILES string of the molecule is CCOC(=O)C1CCN(Cn2nc(Nc3ccc(F)cc3)sc2=S)CC1. The van der Waals surface area contributed by atoms with Gasteiger partial charge in [0.25, 0.3) is 0 Å². The average Bonchev–Trinajstić information content (AvgIpc) is 2.97. The highest BCUT2D eigenvalue weighted by atomic mass is 32.1. The number of hydrogen-bond donors (Lipinski definition) is 1. The Balaban J connectivity index is 1.56. The van der Waals surface area contributed by atoms with Crippen LogP contribution in [0.15, 0.2) is 24.3 Å². The second-order valence-electron chi connectivity index (χ2n) is 6.09. The first kappa shape index (κ1) is 18.9. The smallest absolute Gasteiger partial charge is 0.309 e. The van der Waals surface area contributed by atoms with Gasteiger partial charge in [-0.3, -0.25) is 9.69 Å². The lowest BCUT2D eigenvalue weighted by Crippen LogP contribution is -2.38. The topological polar surface area (TPSA) is 59.4 Å². The number of benzene rings is 1. The van der Waals surface area contributed by atoms with Crippen molar-refractivity contribution in [1.82, 2.24) is 14.7 Å². The number of anilines is 2. The van der Waals surface area contributed by atoms with E-state index < -0.39 is 0 Å². The highest BCUT2D eigenvalue weighted by Gasteiger charge is 2.26. The molecule has 0 amide bonds. The third kappa shape index (κ3) is 4.87. The van der Waals surface area contributed by atoms with E-state index in [1.807, 2.05) is 6.92 Å². The standard InChI is InChI=1S/C17H21FN4O2S2/c1-2-24-15(23)12-7-9-21(10-8-12)11-22-17(25)26-16(20-22)19-14-5-3-13(18)4-6-14/h3-6,12H,2,7-11H2,1H3,(H,19,20). The van der Waals surface area contributed by atoms with Crippen LogP contribution in [-0.4, -0.2) is 40.3 Å². The van der Waals surface area contributed by atoms with Gasteiger partial charge in [-0.25, -0.2) is 9.07 Å². The van der Waals surface area contributed by atoms with Crippen molar-refractivity contribution in [2.75, 3.05) is 25.0 Å². The van der Waals surface area contributed by atoms with Gasteiger partial charge < -0.3 is 10.1 Å². The number of likely N-dealkylation sites (tertiary alicyclic amines) is 1. The van der Waals surface area contributed by atoms with Crippen LogP contribution in [0.1, 0.15) is 19.8 Å². The van der Waals surface area contributed by atoms with Gasteiger partial charge in [-0.05, 0) is 56.2 Å². The number of halogens is 1. The summed E-state index contributed by atoms with van der Waals surface area (Å²) in [6, 6.07) is 6.10. The van der Waals surface area contributed by atoms with E-state index in [2.05, 4.69) is 15.3 Å². The van der Waals surface area contributed by atoms with E-state index in [4.69, 9.17) is 17.0 Å². The summed E-state index contributed by atoms with van der Waals surface area (Å²) in [6.45, 7) is 4.47. The van der Waals surface area contributed by atoms with E-state index in [-0.39, 0.29) is 17.7 Å². The molecule has 0 unspecified atom stereocenters. The molecule has 0 radical (unpaired) electrons. The molecule has 3 rings (SSSR count). The van der Waals surface area contributed by atoms with E-state index in [9.17, 15) is 9.18 Å². The Morgan fingerprint density at radius 3 is 2.73 bits per heavy atom. The number of ether oxygens (including phenoxy) is 1. The van der Waals surface area contributed by atoms with Gasteiger partial charge >= 0.3 is 5.97 Å². The van der Waals surface area contributed by atoms with Crippen molar-refractivity contribution in [1.29, 1.82) is 0 Å². The summed E-state index contributed by atoms with van der Waals surface area (Å²) in [5, 5.41) is 8.31. The van der Waals surface area contributed by atoms with Crippen molar-refractivity contribution in [2.24, 2.45) is 5.92 Å². The molecule has 1 N–H and O–H groups in total. The van der Waals surface area contributed by atoms with Crippen molar-refractivity contribution in [3.63, 3.8) is 0 Å². The highest BCUT2D eigenvalue weighted by molar-refractivity contribution is 7.73. The third-order valence-corrected chi connectivity index (χ3v) is 5.47. The summed E-state index contributed by atoms with van der Waals surface area (Å²) in [5.41, 5.74) is 0.762. The third-order valence-electron chi connectivity index (χ3n) is 4.24. The second-order valence-corrected chi connectivity index (χ2v) is 7.71. The van der Waals surface area contributed by atoms with Gasteiger partial charge in [0.15, 0.2) is 3.95 Å². The first-order valence-corrected chi connectivity index (χ1v) is 9.77. The van der Waals surface area contributed by atoms with Gasteiger partial charge in [-0.1, -0.05) is 11.3 Å². The molecule has 0 bridgehead atoms. The molecule has 1 aromatic heterocycles. The molecule has 1 aromatic carbocycles. The monoisotopic (exact) mass is 396 g/mol. The number of rotatable bonds is 6. The van der Waals surface area contributed by atoms with Crippen molar-refractivity contribution in [3.05, 3.63) is 34.0 Å². The lowest BCUT2D eigenvalue weighted by atomic mass is 9.97. The first-order chi connectivity index (χ1) is 12.5. The maximum absolute atomic E-state index is 13.0. The number of nitrogens with one attached hydrogen (secondary N) is 1. The summed E-state index contributed by atoms with van der Waals surface area (Å²) >= 11 is 6.77. The Hall–Kier alpha value is -1.84. The minimum absolute atomic E-state index is 0.00897. The largest absolute Gasteiger partial charge is 0.466 e. The molecule has 2 aromatic rings. The predicted molar refractivity (Wildman–Crippen MR) is 102 cm³/mol. The maximum Gasteiger partial charge on any atom is 0.309 e. The predicted octanol–water partition coefficient (Wildman–Crippen LogP) is 3.79. The number of esters is 1. The van der Waals surface area contributed by atoms with Crippen LogP contribution in [0.5, 0.6) is 0 Å². The molecule has 26 heavy (non-hydrogen) atoms. The Bertz CT molecular complexity index is 798. The summed E-state index contributed by atoms with van der Waals surface area (Å²) in [5.74, 6) is -0.381. The van der Waals surface area contributed by atoms with Crippen LogP contribution in [0.3, 0.4) is 0 Å². The van der Waals surface area contributed by atoms with Gasteiger partial charge in [0, 0.05) is 18.8 Å². The molecule has 1 aliphatic heterocycles. The Morgan fingerprint density at radius 2 is 2.08 bits per heavy atom. The molecule has 2 heterocycles. The zero-order valence-corrected chi connectivity index (χ0v) is 16.1. The molecule has 0 aliphatic carbocycles. The molecule has 1 fully saturated rings. The molecule has 6 nitrogen and oxygen atoms in total. The van der Waals surface area contributed by atoms with Crippen LogP contribution in [0, 0.1) is 15.7 Å². The first-order valence-electron chi connectivity index (χ1n) is 8.54. The fourth-order valence-corrected chi connectivity index (χ4v) is 3.88. The van der Waals surface area contributed by atoms with Gasteiger partial charge in [-0.2, -0.15) is 0 Å². The van der Waals surface area contributed by atoms with Crippen molar-refractivity contribution in [2.45, 2.75) is 26.4 Å². The zero-order chi connectivity index (χ0) is 18.5. The number of nitrogens with zero attached hydrogens (tertiary/aromatic N) is 3. The summed E-state index contributed by atoms with van der Waals surface area (Å²) in [6.07, 6.45) is 1.58. The second kappa shape index (κ2) is 8.70. The number of carbonyl (C=O) groups excluding carboxylic acids is 1. The number of piperidine rings is 1. The Labute approximate surface area is 160 Å². The van der Waals surface area contributed by atoms with Gasteiger partial charge in [0.1, 0.15) is 5.82 Å². The van der Waals surface area contributed by atoms with Gasteiger partial charge in [0.2, 0.25) is 5.13 Å². The molecule has 0 spiro atoms. The fourth-order valence-electron chi connectivity index (χ4n) is 2.86. The lowest BCUT2D eigenvalue weighted by Gasteiger charge is -2.30. The lowest BCUT2D eigenvalue weighted by molar-refractivity contribution is -0.149. The summed E-state index contributed by atoms with van der Waals surface area (Å²) in [4.78, 5) is 14.0. The molecular formula is C17H21FN4O2S2. The number of carbonyl (C=O) groups is 1. The van der Waals surface area contributed by atoms with E-state index in [1.54, 1.807) is 16.8 Å². The summed E-state index contributed by atoms with van der Waals surface area (Å²) in [7, 11) is 0. The Morgan fingerprint density at radius 1 is 1.38 bits per heavy atom. The number of hydrogen-bond acceptors (Lipinski definition) is 7. The zero-order valence-electron chi connectivity index (χ0n) is 14.5. The van der Waals surface area contributed by atoms with Gasteiger partial charge in [-0.15, -0.1) is 5.10 Å². The van der Waals surface area contributed by atoms with E-state index in [1.165, 1.54) is 23.5 Å².